The zero-order chi connectivity index (χ0) is 13.5. The van der Waals surface area contributed by atoms with E-state index in [9.17, 15) is 9.59 Å². The van der Waals surface area contributed by atoms with Crippen LogP contribution < -0.4 is 5.56 Å². The average Bonchev–Trinajstić information content (AvgIpc) is 2.64. The first-order chi connectivity index (χ1) is 9.10. The fourth-order valence-electron chi connectivity index (χ4n) is 2.81. The van der Waals surface area contributed by atoms with Gasteiger partial charge in [-0.25, -0.2) is 0 Å². The molecule has 0 atom stereocenters. The molecule has 1 saturated carbocycles. The van der Waals surface area contributed by atoms with Gasteiger partial charge in [-0.2, -0.15) is 0 Å². The third kappa shape index (κ3) is 2.18. The maximum atomic E-state index is 12.3. The molecule has 19 heavy (non-hydrogen) atoms. The zero-order valence-corrected chi connectivity index (χ0v) is 11.3. The molecular weight excluding hydrogens is 262 g/mol. The monoisotopic (exact) mass is 277 g/mol. The fraction of sp³-hybridized carbons (Fsp3) is 0.429. The van der Waals surface area contributed by atoms with Crippen molar-refractivity contribution in [2.45, 2.75) is 32.2 Å². The van der Waals surface area contributed by atoms with E-state index >= 15 is 0 Å². The third-order valence-corrected chi connectivity index (χ3v) is 5.04. The van der Waals surface area contributed by atoms with Crippen molar-refractivity contribution in [3.8, 4) is 0 Å². The molecular formula is C14H15NO3S. The van der Waals surface area contributed by atoms with Crippen LogP contribution in [0.4, 0.5) is 0 Å². The number of hydrogen-bond acceptors (Lipinski definition) is 3. The lowest BCUT2D eigenvalue weighted by atomic mass is 9.66. The van der Waals surface area contributed by atoms with Crippen molar-refractivity contribution >= 4 is 27.6 Å². The maximum absolute atomic E-state index is 12.3. The van der Waals surface area contributed by atoms with Crippen LogP contribution in [0.3, 0.4) is 0 Å². The van der Waals surface area contributed by atoms with Gasteiger partial charge in [0.2, 0.25) is 0 Å². The molecule has 0 saturated heterocycles. The van der Waals surface area contributed by atoms with E-state index in [0.717, 1.165) is 29.3 Å². The first kappa shape index (κ1) is 12.4. The Morgan fingerprint density at radius 1 is 1.37 bits per heavy atom. The van der Waals surface area contributed by atoms with Crippen molar-refractivity contribution < 1.29 is 9.90 Å². The molecule has 1 N–H and O–H groups in total. The zero-order valence-electron chi connectivity index (χ0n) is 10.5. The number of nitrogens with zero attached hydrogens (tertiary/aromatic N) is 1. The number of aliphatic carboxylic acids is 1. The summed E-state index contributed by atoms with van der Waals surface area (Å²) in [6.07, 6.45) is 3.03. The molecule has 0 bridgehead atoms. The quantitative estimate of drug-likeness (QED) is 0.934. The highest BCUT2D eigenvalue weighted by Crippen LogP contribution is 2.45. The summed E-state index contributed by atoms with van der Waals surface area (Å²) < 4.78 is 2.70. The highest BCUT2D eigenvalue weighted by atomic mass is 32.1. The Labute approximate surface area is 114 Å². The lowest BCUT2D eigenvalue weighted by molar-refractivity contribution is -0.141. The molecule has 0 aliphatic heterocycles. The Kier molecular flexibility index (Phi) is 2.93. The van der Waals surface area contributed by atoms with Crippen molar-refractivity contribution in [1.82, 2.24) is 3.96 Å². The molecule has 1 aromatic heterocycles. The Hall–Kier alpha value is -1.62. The Balaban J connectivity index is 1.94. The maximum Gasteiger partial charge on any atom is 0.303 e. The minimum absolute atomic E-state index is 0.0114. The second kappa shape index (κ2) is 4.49. The van der Waals surface area contributed by atoms with Crippen LogP contribution in [0, 0.1) is 5.41 Å². The summed E-state index contributed by atoms with van der Waals surface area (Å²) >= 11 is 1.44. The summed E-state index contributed by atoms with van der Waals surface area (Å²) in [5, 5.41) is 9.75. The SMILES string of the molecule is O=C(O)CC1(Cn2sc3ccccc3c2=O)CCC1. The normalized spacial score (nSPS) is 17.3. The number of benzene rings is 1. The van der Waals surface area contributed by atoms with E-state index in [1.165, 1.54) is 11.5 Å². The van der Waals surface area contributed by atoms with Gasteiger partial charge < -0.3 is 5.11 Å². The van der Waals surface area contributed by atoms with E-state index in [1.807, 2.05) is 24.3 Å². The van der Waals surface area contributed by atoms with Crippen LogP contribution in [0.1, 0.15) is 25.7 Å². The van der Waals surface area contributed by atoms with Gasteiger partial charge in [0.25, 0.3) is 5.56 Å². The standard InChI is InChI=1S/C14H15NO3S/c16-12(17)8-14(6-3-7-14)9-15-13(18)10-4-1-2-5-11(10)19-15/h1-2,4-5H,3,6-9H2,(H,16,17). The van der Waals surface area contributed by atoms with Crippen molar-refractivity contribution in [2.75, 3.05) is 0 Å². The Morgan fingerprint density at radius 3 is 2.68 bits per heavy atom. The highest BCUT2D eigenvalue weighted by Gasteiger charge is 2.40. The van der Waals surface area contributed by atoms with E-state index in [4.69, 9.17) is 5.11 Å². The fourth-order valence-corrected chi connectivity index (χ4v) is 3.96. The minimum Gasteiger partial charge on any atom is -0.481 e. The lowest BCUT2D eigenvalue weighted by Crippen LogP contribution is -2.38. The van der Waals surface area contributed by atoms with Crippen LogP contribution in [0.25, 0.3) is 10.1 Å². The van der Waals surface area contributed by atoms with Crippen LogP contribution >= 0.6 is 11.5 Å². The van der Waals surface area contributed by atoms with Crippen molar-refractivity contribution in [3.05, 3.63) is 34.6 Å². The molecule has 1 aliphatic rings. The van der Waals surface area contributed by atoms with Gasteiger partial charge in [-0.1, -0.05) is 30.1 Å². The second-order valence-electron chi connectivity index (χ2n) is 5.35. The van der Waals surface area contributed by atoms with E-state index in [0.29, 0.717) is 6.54 Å². The predicted octanol–water partition coefficient (Wildman–Crippen LogP) is 2.71. The van der Waals surface area contributed by atoms with E-state index < -0.39 is 5.97 Å². The molecule has 5 heteroatoms. The first-order valence-corrected chi connectivity index (χ1v) is 7.18. The second-order valence-corrected chi connectivity index (χ2v) is 6.42. The molecule has 1 aliphatic carbocycles. The number of carboxylic acids is 1. The molecule has 0 spiro atoms. The molecule has 0 unspecified atom stereocenters. The summed E-state index contributed by atoms with van der Waals surface area (Å²) in [5.74, 6) is -0.770. The summed E-state index contributed by atoms with van der Waals surface area (Å²) in [4.78, 5) is 23.2. The minimum atomic E-state index is -0.770. The molecule has 2 aromatic rings. The number of fused-ring (bicyclic) bond motifs is 1. The van der Waals surface area contributed by atoms with Crippen molar-refractivity contribution in [1.29, 1.82) is 0 Å². The van der Waals surface area contributed by atoms with Gasteiger partial charge in [-0.15, -0.1) is 0 Å². The molecule has 1 heterocycles. The topological polar surface area (TPSA) is 59.3 Å². The molecule has 1 aromatic carbocycles. The van der Waals surface area contributed by atoms with E-state index in [2.05, 4.69) is 0 Å². The molecule has 100 valence electrons. The lowest BCUT2D eigenvalue weighted by Gasteiger charge is -2.40. The van der Waals surface area contributed by atoms with Gasteiger partial charge in [0, 0.05) is 6.54 Å². The largest absolute Gasteiger partial charge is 0.481 e. The number of aromatic nitrogens is 1. The molecule has 1 fully saturated rings. The van der Waals surface area contributed by atoms with Crippen LogP contribution in [0.5, 0.6) is 0 Å². The van der Waals surface area contributed by atoms with Gasteiger partial charge in [-0.05, 0) is 30.4 Å². The number of carboxylic acid groups (broad SMARTS) is 1. The summed E-state index contributed by atoms with van der Waals surface area (Å²) in [7, 11) is 0. The summed E-state index contributed by atoms with van der Waals surface area (Å²) in [6.45, 7) is 0.539. The number of rotatable bonds is 4. The van der Waals surface area contributed by atoms with Crippen LogP contribution in [-0.4, -0.2) is 15.0 Å². The van der Waals surface area contributed by atoms with Gasteiger partial charge in [-0.3, -0.25) is 13.5 Å². The predicted molar refractivity (Wildman–Crippen MR) is 74.6 cm³/mol. The van der Waals surface area contributed by atoms with Gasteiger partial charge in [0.05, 0.1) is 16.5 Å². The Bertz CT molecular complexity index is 681. The van der Waals surface area contributed by atoms with Crippen LogP contribution in [0.2, 0.25) is 0 Å². The van der Waals surface area contributed by atoms with Gasteiger partial charge >= 0.3 is 5.97 Å². The summed E-state index contributed by atoms with van der Waals surface area (Å²) in [5.41, 5.74) is -0.200. The van der Waals surface area contributed by atoms with Crippen LogP contribution in [-0.2, 0) is 11.3 Å². The molecule has 3 rings (SSSR count). The Morgan fingerprint density at radius 2 is 2.11 bits per heavy atom. The molecule has 0 radical (unpaired) electrons. The van der Waals surface area contributed by atoms with Crippen LogP contribution in [0.15, 0.2) is 29.1 Å². The average molecular weight is 277 g/mol. The molecule has 4 nitrogen and oxygen atoms in total. The number of hydrogen-bond donors (Lipinski definition) is 1. The van der Waals surface area contributed by atoms with E-state index in [1.54, 1.807) is 3.96 Å². The summed E-state index contributed by atoms with van der Waals surface area (Å²) in [6, 6.07) is 7.54. The molecule has 0 amide bonds. The third-order valence-electron chi connectivity index (χ3n) is 3.97. The highest BCUT2D eigenvalue weighted by molar-refractivity contribution is 7.13. The van der Waals surface area contributed by atoms with Gasteiger partial charge in [0.1, 0.15) is 0 Å². The number of carbonyl (C=O) groups is 1. The van der Waals surface area contributed by atoms with Crippen molar-refractivity contribution in [2.24, 2.45) is 5.41 Å². The van der Waals surface area contributed by atoms with Gasteiger partial charge in [0.15, 0.2) is 0 Å². The van der Waals surface area contributed by atoms with Crippen molar-refractivity contribution in [3.63, 3.8) is 0 Å². The first-order valence-electron chi connectivity index (χ1n) is 6.40. The van der Waals surface area contributed by atoms with E-state index in [-0.39, 0.29) is 17.4 Å². The smallest absolute Gasteiger partial charge is 0.303 e.